The third-order valence-electron chi connectivity index (χ3n) is 5.54. The van der Waals surface area contributed by atoms with Gasteiger partial charge in [-0.05, 0) is 29.8 Å². The van der Waals surface area contributed by atoms with E-state index >= 15 is 0 Å². The van der Waals surface area contributed by atoms with Gasteiger partial charge in [-0.25, -0.2) is 4.90 Å². The van der Waals surface area contributed by atoms with Gasteiger partial charge in [0.2, 0.25) is 5.91 Å². The zero-order valence-electron chi connectivity index (χ0n) is 16.4. The number of hydrogen-bond acceptors (Lipinski definition) is 5. The average molecular weight is 432 g/mol. The first-order chi connectivity index (χ1) is 14.5. The van der Waals surface area contributed by atoms with Crippen molar-refractivity contribution in [1.29, 1.82) is 0 Å². The van der Waals surface area contributed by atoms with Gasteiger partial charge in [-0.2, -0.15) is 8.78 Å². The highest BCUT2D eigenvalue weighted by Gasteiger charge is 2.43. The highest BCUT2D eigenvalue weighted by molar-refractivity contribution is 7.99. The molecule has 2 amide bonds. The first kappa shape index (κ1) is 21.0. The number of carbonyl (C=O) groups excluding carboxylic acids is 2. The summed E-state index contributed by atoms with van der Waals surface area (Å²) < 4.78 is 25.0. The zero-order valence-corrected chi connectivity index (χ0v) is 17.2. The molecule has 0 aliphatic carbocycles. The smallest absolute Gasteiger partial charge is 0.288 e. The summed E-state index contributed by atoms with van der Waals surface area (Å²) in [6.45, 7) is 4.02. The molecule has 8 heteroatoms. The van der Waals surface area contributed by atoms with E-state index in [0.29, 0.717) is 22.3 Å². The largest absolute Gasteiger partial charge is 0.297 e. The molecule has 0 radical (unpaired) electrons. The molecule has 2 aliphatic rings. The van der Waals surface area contributed by atoms with Crippen LogP contribution in [-0.4, -0.2) is 59.6 Å². The molecule has 2 aliphatic heterocycles. The Labute approximate surface area is 178 Å². The van der Waals surface area contributed by atoms with Crippen LogP contribution in [0.4, 0.5) is 14.5 Å². The van der Waals surface area contributed by atoms with Crippen molar-refractivity contribution in [3.8, 4) is 0 Å². The highest BCUT2D eigenvalue weighted by atomic mass is 32.2. The zero-order chi connectivity index (χ0) is 21.1. The number of anilines is 1. The Kier molecular flexibility index (Phi) is 6.46. The molecule has 2 aromatic rings. The Morgan fingerprint density at radius 2 is 1.60 bits per heavy atom. The summed E-state index contributed by atoms with van der Waals surface area (Å²) in [5.74, 6) is -2.98. The number of nitrogens with zero attached hydrogens (tertiary/aromatic N) is 3. The molecule has 0 N–H and O–H groups in total. The fourth-order valence-corrected chi connectivity index (χ4v) is 4.52. The van der Waals surface area contributed by atoms with Crippen molar-refractivity contribution in [2.45, 2.75) is 29.7 Å². The molecule has 0 bridgehead atoms. The van der Waals surface area contributed by atoms with Crippen molar-refractivity contribution >= 4 is 29.3 Å². The molecule has 4 rings (SSSR count). The number of amides is 2. The molecule has 0 saturated carbocycles. The maximum Gasteiger partial charge on any atom is 0.288 e. The van der Waals surface area contributed by atoms with Gasteiger partial charge in [0.15, 0.2) is 0 Å². The molecule has 2 fully saturated rings. The van der Waals surface area contributed by atoms with E-state index in [-0.39, 0.29) is 18.2 Å². The number of halogens is 2. The van der Waals surface area contributed by atoms with Crippen LogP contribution in [0.2, 0.25) is 0 Å². The minimum atomic E-state index is -2.50. The summed E-state index contributed by atoms with van der Waals surface area (Å²) in [5.41, 5.74) is 1.70. The summed E-state index contributed by atoms with van der Waals surface area (Å²) >= 11 is 0.441. The SMILES string of the molecule is O=C1CC(N2CCN(Cc3ccccc3)CC2)C(=O)N1c1ccc(SC(F)F)cc1. The second-order valence-electron chi connectivity index (χ2n) is 7.46. The van der Waals surface area contributed by atoms with Gasteiger partial charge in [-0.3, -0.25) is 19.4 Å². The Morgan fingerprint density at radius 3 is 2.23 bits per heavy atom. The van der Waals surface area contributed by atoms with Gasteiger partial charge in [0.1, 0.15) is 0 Å². The second kappa shape index (κ2) is 9.24. The fraction of sp³-hybridized carbons (Fsp3) is 0.364. The van der Waals surface area contributed by atoms with Crippen molar-refractivity contribution in [3.63, 3.8) is 0 Å². The molecule has 0 spiro atoms. The summed E-state index contributed by atoms with van der Waals surface area (Å²) in [4.78, 5) is 31.6. The number of benzene rings is 2. The van der Waals surface area contributed by atoms with Crippen LogP contribution in [-0.2, 0) is 16.1 Å². The normalized spacial score (nSPS) is 21.0. The highest BCUT2D eigenvalue weighted by Crippen LogP contribution is 2.30. The van der Waals surface area contributed by atoms with Gasteiger partial charge < -0.3 is 0 Å². The van der Waals surface area contributed by atoms with Crippen LogP contribution in [0.1, 0.15) is 12.0 Å². The van der Waals surface area contributed by atoms with Crippen molar-refractivity contribution in [1.82, 2.24) is 9.80 Å². The molecular weight excluding hydrogens is 408 g/mol. The van der Waals surface area contributed by atoms with Gasteiger partial charge in [-0.1, -0.05) is 42.1 Å². The van der Waals surface area contributed by atoms with E-state index in [1.54, 1.807) is 12.1 Å². The minimum Gasteiger partial charge on any atom is -0.297 e. The predicted molar refractivity (Wildman–Crippen MR) is 112 cm³/mol. The van der Waals surface area contributed by atoms with E-state index in [1.165, 1.54) is 22.6 Å². The van der Waals surface area contributed by atoms with E-state index < -0.39 is 11.8 Å². The summed E-state index contributed by atoms with van der Waals surface area (Å²) in [6, 6.07) is 16.0. The van der Waals surface area contributed by atoms with Crippen LogP contribution in [0.15, 0.2) is 59.5 Å². The molecule has 1 unspecified atom stereocenters. The lowest BCUT2D eigenvalue weighted by Gasteiger charge is -2.37. The van der Waals surface area contributed by atoms with Crippen LogP contribution >= 0.6 is 11.8 Å². The van der Waals surface area contributed by atoms with E-state index in [4.69, 9.17) is 0 Å². The number of carbonyl (C=O) groups is 2. The van der Waals surface area contributed by atoms with Crippen LogP contribution in [0, 0.1) is 0 Å². The molecule has 1 atom stereocenters. The van der Waals surface area contributed by atoms with E-state index in [9.17, 15) is 18.4 Å². The van der Waals surface area contributed by atoms with E-state index in [2.05, 4.69) is 21.9 Å². The Hall–Kier alpha value is -2.29. The summed E-state index contributed by atoms with van der Waals surface area (Å²) in [5, 5.41) is 0. The topological polar surface area (TPSA) is 43.9 Å². The Balaban J connectivity index is 1.36. The van der Waals surface area contributed by atoms with Crippen LogP contribution in [0.5, 0.6) is 0 Å². The number of rotatable bonds is 6. The molecule has 5 nitrogen and oxygen atoms in total. The van der Waals surface area contributed by atoms with Gasteiger partial charge in [0.05, 0.1) is 18.2 Å². The van der Waals surface area contributed by atoms with Crippen molar-refractivity contribution in [2.75, 3.05) is 31.1 Å². The number of imide groups is 1. The molecule has 2 aromatic carbocycles. The lowest BCUT2D eigenvalue weighted by Crippen LogP contribution is -2.52. The second-order valence-corrected chi connectivity index (χ2v) is 8.52. The lowest BCUT2D eigenvalue weighted by atomic mass is 10.1. The maximum absolute atomic E-state index is 13.0. The third kappa shape index (κ3) is 4.71. The molecule has 2 heterocycles. The monoisotopic (exact) mass is 431 g/mol. The minimum absolute atomic E-state index is 0.158. The van der Waals surface area contributed by atoms with Gasteiger partial charge >= 0.3 is 0 Å². The van der Waals surface area contributed by atoms with Crippen LogP contribution in [0.3, 0.4) is 0 Å². The molecular formula is C22H23F2N3O2S. The number of hydrogen-bond donors (Lipinski definition) is 0. The average Bonchev–Trinajstić information content (AvgIpc) is 3.04. The van der Waals surface area contributed by atoms with Crippen LogP contribution < -0.4 is 4.90 Å². The Morgan fingerprint density at radius 1 is 0.933 bits per heavy atom. The molecule has 158 valence electrons. The molecule has 2 saturated heterocycles. The maximum atomic E-state index is 13.0. The van der Waals surface area contributed by atoms with E-state index in [0.717, 1.165) is 32.7 Å². The molecule has 30 heavy (non-hydrogen) atoms. The first-order valence-electron chi connectivity index (χ1n) is 9.93. The fourth-order valence-electron chi connectivity index (χ4n) is 4.02. The van der Waals surface area contributed by atoms with Crippen molar-refractivity contribution < 1.29 is 18.4 Å². The van der Waals surface area contributed by atoms with Gasteiger partial charge in [-0.15, -0.1) is 0 Å². The summed E-state index contributed by atoms with van der Waals surface area (Å²) in [7, 11) is 0. The van der Waals surface area contributed by atoms with Gasteiger partial charge in [0, 0.05) is 37.6 Å². The third-order valence-corrected chi connectivity index (χ3v) is 6.26. The van der Waals surface area contributed by atoms with Crippen molar-refractivity contribution in [3.05, 3.63) is 60.2 Å². The molecule has 0 aromatic heterocycles. The number of piperazine rings is 1. The first-order valence-corrected chi connectivity index (χ1v) is 10.8. The van der Waals surface area contributed by atoms with Crippen molar-refractivity contribution in [2.24, 2.45) is 0 Å². The van der Waals surface area contributed by atoms with Crippen LogP contribution in [0.25, 0.3) is 0 Å². The summed E-state index contributed by atoms with van der Waals surface area (Å²) in [6.07, 6.45) is 0.158. The predicted octanol–water partition coefficient (Wildman–Crippen LogP) is 3.45. The lowest BCUT2D eigenvalue weighted by molar-refractivity contribution is -0.123. The standard InChI is InChI=1S/C22H23F2N3O2S/c23-22(24)30-18-8-6-17(7-9-18)27-20(28)14-19(21(27)29)26-12-10-25(11-13-26)15-16-4-2-1-3-5-16/h1-9,19,22H,10-15H2. The quantitative estimate of drug-likeness (QED) is 0.518. The van der Waals surface area contributed by atoms with E-state index in [1.807, 2.05) is 18.2 Å². The Bertz CT molecular complexity index is 887. The number of thioether (sulfide) groups is 1. The number of alkyl halides is 2. The van der Waals surface area contributed by atoms with Gasteiger partial charge in [0.25, 0.3) is 11.7 Å².